The summed E-state index contributed by atoms with van der Waals surface area (Å²) in [5.74, 6) is 0. The van der Waals surface area contributed by atoms with Crippen LogP contribution in [0.3, 0.4) is 0 Å². The normalized spacial score (nSPS) is 14.6. The van der Waals surface area contributed by atoms with Gasteiger partial charge in [0.15, 0.2) is 0 Å². The minimum Gasteiger partial charge on any atom is -0.379 e. The lowest BCUT2D eigenvalue weighted by atomic mass is 9.89. The third kappa shape index (κ3) is 5.70. The molecule has 0 fully saturated rings. The largest absolute Gasteiger partial charge is 0.379 e. The second kappa shape index (κ2) is 7.39. The Bertz CT molecular complexity index is 434. The number of ether oxygens (including phenoxy) is 2. The average Bonchev–Trinajstić information content (AvgIpc) is 2.42. The third-order valence-corrected chi connectivity index (χ3v) is 2.89. The van der Waals surface area contributed by atoms with E-state index in [0.29, 0.717) is 26.2 Å². The molecule has 0 aliphatic rings. The summed E-state index contributed by atoms with van der Waals surface area (Å²) in [4.78, 5) is 0. The molecule has 110 valence electrons. The molecule has 1 aromatic carbocycles. The molecular formula is C16H24N2O2. The highest BCUT2D eigenvalue weighted by Crippen LogP contribution is 2.21. The van der Waals surface area contributed by atoms with Gasteiger partial charge in [0.2, 0.25) is 0 Å². The van der Waals surface area contributed by atoms with E-state index in [1.807, 2.05) is 51.1 Å². The van der Waals surface area contributed by atoms with Crippen LogP contribution >= 0.6 is 0 Å². The molecule has 0 aliphatic heterocycles. The molecule has 0 saturated heterocycles. The second-order valence-electron chi connectivity index (χ2n) is 5.77. The Balaban J connectivity index is 2.35. The van der Waals surface area contributed by atoms with Gasteiger partial charge in [0.05, 0.1) is 24.9 Å². The Morgan fingerprint density at radius 2 is 1.75 bits per heavy atom. The van der Waals surface area contributed by atoms with Crippen molar-refractivity contribution < 1.29 is 9.47 Å². The number of rotatable bonds is 7. The van der Waals surface area contributed by atoms with Gasteiger partial charge in [-0.1, -0.05) is 30.3 Å². The molecular weight excluding hydrogens is 252 g/mol. The monoisotopic (exact) mass is 276 g/mol. The fourth-order valence-electron chi connectivity index (χ4n) is 1.74. The quantitative estimate of drug-likeness (QED) is 0.777. The SMILES string of the molecule is CC(C)(C)OCCOCCC(N)(C#N)c1ccccc1. The van der Waals surface area contributed by atoms with Crippen LogP contribution in [0.25, 0.3) is 0 Å². The van der Waals surface area contributed by atoms with Crippen LogP contribution in [0.1, 0.15) is 32.8 Å². The number of hydrogen-bond acceptors (Lipinski definition) is 4. The zero-order chi connectivity index (χ0) is 15.1. The van der Waals surface area contributed by atoms with Crippen LogP contribution in [0.15, 0.2) is 30.3 Å². The highest BCUT2D eigenvalue weighted by atomic mass is 16.5. The molecule has 0 amide bonds. The minimum absolute atomic E-state index is 0.155. The van der Waals surface area contributed by atoms with Crippen molar-refractivity contribution in [2.24, 2.45) is 5.73 Å². The number of nitrogens with zero attached hydrogens (tertiary/aromatic N) is 1. The summed E-state index contributed by atoms with van der Waals surface area (Å²) in [7, 11) is 0. The predicted octanol–water partition coefficient (Wildman–Crippen LogP) is 2.59. The van der Waals surface area contributed by atoms with Gasteiger partial charge in [-0.05, 0) is 26.3 Å². The van der Waals surface area contributed by atoms with E-state index in [9.17, 15) is 5.26 Å². The molecule has 0 radical (unpaired) electrons. The predicted molar refractivity (Wildman–Crippen MR) is 79.1 cm³/mol. The lowest BCUT2D eigenvalue weighted by Crippen LogP contribution is -2.36. The lowest BCUT2D eigenvalue weighted by Gasteiger charge is -2.22. The number of nitriles is 1. The molecule has 0 saturated carbocycles. The molecule has 1 atom stereocenters. The van der Waals surface area contributed by atoms with E-state index in [1.165, 1.54) is 0 Å². The third-order valence-electron chi connectivity index (χ3n) is 2.89. The van der Waals surface area contributed by atoms with Gasteiger partial charge in [-0.15, -0.1) is 0 Å². The van der Waals surface area contributed by atoms with Gasteiger partial charge in [-0.2, -0.15) is 5.26 Å². The van der Waals surface area contributed by atoms with Gasteiger partial charge in [0.25, 0.3) is 0 Å². The van der Waals surface area contributed by atoms with Gasteiger partial charge < -0.3 is 15.2 Å². The zero-order valence-corrected chi connectivity index (χ0v) is 12.6. The molecule has 1 aromatic rings. The Hall–Kier alpha value is -1.41. The van der Waals surface area contributed by atoms with E-state index in [2.05, 4.69) is 6.07 Å². The first-order chi connectivity index (χ1) is 9.37. The molecule has 0 bridgehead atoms. The Kier molecular flexibility index (Phi) is 6.15. The van der Waals surface area contributed by atoms with Crippen molar-refractivity contribution >= 4 is 0 Å². The van der Waals surface area contributed by atoms with E-state index < -0.39 is 5.54 Å². The summed E-state index contributed by atoms with van der Waals surface area (Å²) < 4.78 is 11.0. The molecule has 1 unspecified atom stereocenters. The van der Waals surface area contributed by atoms with Gasteiger partial charge in [0, 0.05) is 13.0 Å². The highest BCUT2D eigenvalue weighted by molar-refractivity contribution is 5.30. The summed E-state index contributed by atoms with van der Waals surface area (Å²) in [6.07, 6.45) is 0.461. The van der Waals surface area contributed by atoms with Crippen molar-refractivity contribution in [1.29, 1.82) is 5.26 Å². The van der Waals surface area contributed by atoms with E-state index in [-0.39, 0.29) is 5.60 Å². The number of benzene rings is 1. The summed E-state index contributed by atoms with van der Waals surface area (Å²) in [6.45, 7) is 7.49. The standard InChI is InChI=1S/C16H24N2O2/c1-15(2,3)20-12-11-19-10-9-16(18,13-17)14-7-5-4-6-8-14/h4-8H,9-12,18H2,1-3H3. The van der Waals surface area contributed by atoms with Crippen molar-refractivity contribution in [1.82, 2.24) is 0 Å². The van der Waals surface area contributed by atoms with Gasteiger partial charge >= 0.3 is 0 Å². The maximum atomic E-state index is 9.29. The van der Waals surface area contributed by atoms with Crippen LogP contribution in [0.2, 0.25) is 0 Å². The number of nitrogens with two attached hydrogens (primary N) is 1. The van der Waals surface area contributed by atoms with Crippen molar-refractivity contribution in [2.75, 3.05) is 19.8 Å². The maximum absolute atomic E-state index is 9.29. The maximum Gasteiger partial charge on any atom is 0.132 e. The minimum atomic E-state index is -0.994. The molecule has 0 aromatic heterocycles. The van der Waals surface area contributed by atoms with Crippen molar-refractivity contribution in [3.63, 3.8) is 0 Å². The fraction of sp³-hybridized carbons (Fsp3) is 0.562. The Morgan fingerprint density at radius 1 is 1.10 bits per heavy atom. The Morgan fingerprint density at radius 3 is 2.30 bits per heavy atom. The van der Waals surface area contributed by atoms with Gasteiger partial charge in [-0.3, -0.25) is 0 Å². The topological polar surface area (TPSA) is 68.3 Å². The molecule has 2 N–H and O–H groups in total. The molecule has 4 heteroatoms. The van der Waals surface area contributed by atoms with Crippen LogP contribution in [0.5, 0.6) is 0 Å². The van der Waals surface area contributed by atoms with Crippen LogP contribution in [-0.2, 0) is 15.0 Å². The highest BCUT2D eigenvalue weighted by Gasteiger charge is 2.26. The smallest absolute Gasteiger partial charge is 0.132 e. The second-order valence-corrected chi connectivity index (χ2v) is 5.77. The van der Waals surface area contributed by atoms with E-state index >= 15 is 0 Å². The van der Waals surface area contributed by atoms with E-state index in [4.69, 9.17) is 15.2 Å². The lowest BCUT2D eigenvalue weighted by molar-refractivity contribution is -0.0360. The molecule has 20 heavy (non-hydrogen) atoms. The average molecular weight is 276 g/mol. The molecule has 4 nitrogen and oxygen atoms in total. The van der Waals surface area contributed by atoms with Gasteiger partial charge in [-0.25, -0.2) is 0 Å². The van der Waals surface area contributed by atoms with Crippen molar-refractivity contribution in [2.45, 2.75) is 38.3 Å². The molecule has 0 aliphatic carbocycles. The molecule has 0 spiro atoms. The zero-order valence-electron chi connectivity index (χ0n) is 12.6. The Labute approximate surface area is 121 Å². The van der Waals surface area contributed by atoms with Crippen LogP contribution < -0.4 is 5.73 Å². The molecule has 1 rings (SSSR count). The fourth-order valence-corrected chi connectivity index (χ4v) is 1.74. The summed E-state index contributed by atoms with van der Waals surface area (Å²) in [5, 5.41) is 9.29. The van der Waals surface area contributed by atoms with Crippen LogP contribution in [-0.4, -0.2) is 25.4 Å². The molecule has 0 heterocycles. The first-order valence-electron chi connectivity index (χ1n) is 6.85. The first-order valence-corrected chi connectivity index (χ1v) is 6.85. The summed E-state index contributed by atoms with van der Waals surface area (Å²) in [6, 6.07) is 11.6. The van der Waals surface area contributed by atoms with Crippen LogP contribution in [0, 0.1) is 11.3 Å². The summed E-state index contributed by atoms with van der Waals surface area (Å²) >= 11 is 0. The van der Waals surface area contributed by atoms with Crippen molar-refractivity contribution in [3.8, 4) is 6.07 Å². The van der Waals surface area contributed by atoms with Crippen LogP contribution in [0.4, 0.5) is 0 Å². The first kappa shape index (κ1) is 16.6. The van der Waals surface area contributed by atoms with E-state index in [1.54, 1.807) is 0 Å². The number of hydrogen-bond donors (Lipinski definition) is 1. The van der Waals surface area contributed by atoms with Gasteiger partial charge in [0.1, 0.15) is 5.54 Å². The van der Waals surface area contributed by atoms with Crippen molar-refractivity contribution in [3.05, 3.63) is 35.9 Å². The summed E-state index contributed by atoms with van der Waals surface area (Å²) in [5.41, 5.74) is 5.80. The van der Waals surface area contributed by atoms with E-state index in [0.717, 1.165) is 5.56 Å².